The van der Waals surface area contributed by atoms with Gasteiger partial charge < -0.3 is 9.67 Å². The first kappa shape index (κ1) is 9.68. The second-order valence-electron chi connectivity index (χ2n) is 2.61. The minimum Gasteiger partial charge on any atom is -0.396 e. The Morgan fingerprint density at radius 1 is 1.17 bits per heavy atom. The van der Waals surface area contributed by atoms with Gasteiger partial charge in [0.2, 0.25) is 0 Å². The van der Waals surface area contributed by atoms with E-state index in [9.17, 15) is 0 Å². The lowest BCUT2D eigenvalue weighted by Crippen LogP contribution is -1.97. The molecule has 0 unspecified atom stereocenters. The summed E-state index contributed by atoms with van der Waals surface area (Å²) in [7, 11) is 0. The van der Waals surface area contributed by atoms with Gasteiger partial charge in [-0.15, -0.1) is 0 Å². The van der Waals surface area contributed by atoms with Crippen LogP contribution in [0.5, 0.6) is 0 Å². The SMILES string of the molecule is OCCCSCCn1cccc1. The summed E-state index contributed by atoms with van der Waals surface area (Å²) in [5.74, 6) is 2.20. The first-order valence-corrected chi connectivity index (χ1v) is 5.38. The van der Waals surface area contributed by atoms with Crippen molar-refractivity contribution in [3.63, 3.8) is 0 Å². The molecule has 0 spiro atoms. The van der Waals surface area contributed by atoms with Crippen molar-refractivity contribution in [2.75, 3.05) is 18.1 Å². The van der Waals surface area contributed by atoms with E-state index in [1.54, 1.807) is 0 Å². The van der Waals surface area contributed by atoms with Crippen LogP contribution in [-0.4, -0.2) is 27.8 Å². The molecule has 0 atom stereocenters. The molecule has 0 radical (unpaired) electrons. The van der Waals surface area contributed by atoms with Crippen molar-refractivity contribution in [1.29, 1.82) is 0 Å². The molecule has 3 heteroatoms. The Hall–Kier alpha value is -0.410. The van der Waals surface area contributed by atoms with E-state index in [4.69, 9.17) is 5.11 Å². The van der Waals surface area contributed by atoms with Gasteiger partial charge in [-0.2, -0.15) is 11.8 Å². The average molecular weight is 185 g/mol. The fourth-order valence-corrected chi connectivity index (χ4v) is 1.84. The Bertz CT molecular complexity index is 186. The number of rotatable bonds is 6. The molecular weight excluding hydrogens is 170 g/mol. The summed E-state index contributed by atoms with van der Waals surface area (Å²) in [5, 5.41) is 8.53. The highest BCUT2D eigenvalue weighted by Gasteiger charge is 1.90. The first-order valence-electron chi connectivity index (χ1n) is 4.23. The van der Waals surface area contributed by atoms with E-state index in [1.807, 2.05) is 23.9 Å². The Labute approximate surface area is 77.6 Å². The second kappa shape index (κ2) is 6.14. The molecule has 1 N–H and O–H groups in total. The number of thioether (sulfide) groups is 1. The average Bonchev–Trinajstić information content (AvgIpc) is 2.57. The first-order chi connectivity index (χ1) is 5.93. The summed E-state index contributed by atoms with van der Waals surface area (Å²) in [6, 6.07) is 4.08. The van der Waals surface area contributed by atoms with Crippen LogP contribution in [0.15, 0.2) is 24.5 Å². The van der Waals surface area contributed by atoms with Crippen molar-refractivity contribution in [3.05, 3.63) is 24.5 Å². The van der Waals surface area contributed by atoms with Gasteiger partial charge in [0.25, 0.3) is 0 Å². The number of nitrogens with zero attached hydrogens (tertiary/aromatic N) is 1. The normalized spacial score (nSPS) is 10.4. The predicted molar refractivity (Wildman–Crippen MR) is 53.5 cm³/mol. The molecule has 0 saturated carbocycles. The van der Waals surface area contributed by atoms with Crippen LogP contribution in [0.4, 0.5) is 0 Å². The predicted octanol–water partition coefficient (Wildman–Crippen LogP) is 1.60. The van der Waals surface area contributed by atoms with E-state index < -0.39 is 0 Å². The topological polar surface area (TPSA) is 25.2 Å². The van der Waals surface area contributed by atoms with Crippen LogP contribution in [-0.2, 0) is 6.54 Å². The van der Waals surface area contributed by atoms with E-state index >= 15 is 0 Å². The lowest BCUT2D eigenvalue weighted by atomic mass is 10.5. The molecule has 2 nitrogen and oxygen atoms in total. The number of aliphatic hydroxyl groups is 1. The number of hydrogen-bond acceptors (Lipinski definition) is 2. The zero-order chi connectivity index (χ0) is 8.65. The van der Waals surface area contributed by atoms with E-state index in [0.29, 0.717) is 6.61 Å². The third-order valence-corrected chi connectivity index (χ3v) is 2.66. The summed E-state index contributed by atoms with van der Waals surface area (Å²) < 4.78 is 2.17. The summed E-state index contributed by atoms with van der Waals surface area (Å²) in [6.45, 7) is 1.39. The van der Waals surface area contributed by atoms with Crippen molar-refractivity contribution >= 4 is 11.8 Å². The van der Waals surface area contributed by atoms with Crippen molar-refractivity contribution in [1.82, 2.24) is 4.57 Å². The molecule has 0 aliphatic carbocycles. The summed E-state index contributed by atoms with van der Waals surface area (Å²) in [4.78, 5) is 0. The van der Waals surface area contributed by atoms with Gasteiger partial charge in [0.1, 0.15) is 0 Å². The largest absolute Gasteiger partial charge is 0.396 e. The molecule has 68 valence electrons. The van der Waals surface area contributed by atoms with Crippen LogP contribution >= 0.6 is 11.8 Å². The van der Waals surface area contributed by atoms with Crippen molar-refractivity contribution in [3.8, 4) is 0 Å². The standard InChI is InChI=1S/C9H15NOS/c11-7-3-8-12-9-6-10-4-1-2-5-10/h1-2,4-5,11H,3,6-9H2. The Morgan fingerprint density at radius 3 is 2.58 bits per heavy atom. The monoisotopic (exact) mass is 185 g/mol. The Kier molecular flexibility index (Phi) is 4.95. The molecule has 0 amide bonds. The fraction of sp³-hybridized carbons (Fsp3) is 0.556. The zero-order valence-electron chi connectivity index (χ0n) is 7.15. The molecule has 0 aliphatic heterocycles. The van der Waals surface area contributed by atoms with E-state index in [1.165, 1.54) is 0 Å². The maximum Gasteiger partial charge on any atom is 0.0438 e. The lowest BCUT2D eigenvalue weighted by molar-refractivity contribution is 0.296. The molecule has 0 aliphatic rings. The van der Waals surface area contributed by atoms with Crippen LogP contribution in [0.2, 0.25) is 0 Å². The van der Waals surface area contributed by atoms with E-state index in [-0.39, 0.29) is 0 Å². The number of aryl methyl sites for hydroxylation is 1. The van der Waals surface area contributed by atoms with Gasteiger partial charge in [0, 0.05) is 31.3 Å². The highest BCUT2D eigenvalue weighted by atomic mass is 32.2. The molecule has 0 bridgehead atoms. The summed E-state index contributed by atoms with van der Waals surface area (Å²) in [5.41, 5.74) is 0. The maximum atomic E-state index is 8.53. The molecule has 1 heterocycles. The Balaban J connectivity index is 1.96. The van der Waals surface area contributed by atoms with Crippen LogP contribution in [0.1, 0.15) is 6.42 Å². The van der Waals surface area contributed by atoms with Gasteiger partial charge in [0.05, 0.1) is 0 Å². The van der Waals surface area contributed by atoms with Crippen LogP contribution in [0.25, 0.3) is 0 Å². The summed E-state index contributed by atoms with van der Waals surface area (Å²) >= 11 is 1.90. The van der Waals surface area contributed by atoms with Gasteiger partial charge in [-0.25, -0.2) is 0 Å². The highest BCUT2D eigenvalue weighted by Crippen LogP contribution is 2.03. The number of aliphatic hydroxyl groups excluding tert-OH is 1. The molecule has 0 saturated heterocycles. The molecule has 1 rings (SSSR count). The van der Waals surface area contributed by atoms with Gasteiger partial charge in [-0.05, 0) is 24.3 Å². The van der Waals surface area contributed by atoms with Crippen LogP contribution in [0.3, 0.4) is 0 Å². The smallest absolute Gasteiger partial charge is 0.0438 e. The summed E-state index contributed by atoms with van der Waals surface area (Å²) in [6.07, 6.45) is 5.07. The van der Waals surface area contributed by atoms with Gasteiger partial charge in [-0.3, -0.25) is 0 Å². The molecule has 1 aromatic heterocycles. The van der Waals surface area contributed by atoms with Crippen molar-refractivity contribution in [2.45, 2.75) is 13.0 Å². The maximum absolute atomic E-state index is 8.53. The van der Waals surface area contributed by atoms with Crippen LogP contribution in [0, 0.1) is 0 Å². The minimum atomic E-state index is 0.316. The van der Waals surface area contributed by atoms with E-state index in [2.05, 4.69) is 17.0 Å². The zero-order valence-corrected chi connectivity index (χ0v) is 7.96. The van der Waals surface area contributed by atoms with Crippen molar-refractivity contribution in [2.24, 2.45) is 0 Å². The Morgan fingerprint density at radius 2 is 1.92 bits per heavy atom. The quantitative estimate of drug-likeness (QED) is 0.681. The van der Waals surface area contributed by atoms with Gasteiger partial charge in [0.15, 0.2) is 0 Å². The molecule has 0 fully saturated rings. The van der Waals surface area contributed by atoms with Gasteiger partial charge >= 0.3 is 0 Å². The lowest BCUT2D eigenvalue weighted by Gasteiger charge is -2.01. The number of aromatic nitrogens is 1. The molecular formula is C9H15NOS. The molecule has 0 aromatic carbocycles. The molecule has 12 heavy (non-hydrogen) atoms. The highest BCUT2D eigenvalue weighted by molar-refractivity contribution is 7.99. The minimum absolute atomic E-state index is 0.316. The van der Waals surface area contributed by atoms with E-state index in [0.717, 1.165) is 24.5 Å². The van der Waals surface area contributed by atoms with Crippen molar-refractivity contribution < 1.29 is 5.11 Å². The fourth-order valence-electron chi connectivity index (χ4n) is 0.958. The third-order valence-electron chi connectivity index (χ3n) is 1.61. The third kappa shape index (κ3) is 3.83. The number of hydrogen-bond donors (Lipinski definition) is 1. The molecule has 1 aromatic rings. The van der Waals surface area contributed by atoms with Crippen LogP contribution < -0.4 is 0 Å². The van der Waals surface area contributed by atoms with Gasteiger partial charge in [-0.1, -0.05) is 0 Å². The second-order valence-corrected chi connectivity index (χ2v) is 3.84.